The van der Waals surface area contributed by atoms with Gasteiger partial charge >= 0.3 is 0 Å². The Balaban J connectivity index is 1.67. The average molecular weight is 1310 g/mol. The predicted molar refractivity (Wildman–Crippen MR) is 288 cm³/mol. The molecule has 0 unspecified atom stereocenters. The van der Waals surface area contributed by atoms with Crippen LogP contribution < -0.4 is 47.4 Å². The summed E-state index contributed by atoms with van der Waals surface area (Å²) in [6.45, 7) is 2.75. The van der Waals surface area contributed by atoms with Crippen LogP contribution in [0.3, 0.4) is 0 Å². The first-order valence-electron chi connectivity index (χ1n) is 21.8. The molecule has 10 nitrogen and oxygen atoms in total. The molecule has 0 saturated carbocycles. The Morgan fingerprint density at radius 3 is 0.522 bits per heavy atom. The Hall–Kier alpha value is -3.02. The molecule has 5 aromatic rings. The van der Waals surface area contributed by atoms with Gasteiger partial charge in [0.1, 0.15) is 57.5 Å². The fourth-order valence-electron chi connectivity index (χ4n) is 8.09. The van der Waals surface area contributed by atoms with Crippen LogP contribution >= 0.6 is 95.6 Å². The number of benzene rings is 5. The van der Waals surface area contributed by atoms with E-state index >= 15 is 0 Å². The lowest BCUT2D eigenvalue weighted by Gasteiger charge is -2.22. The van der Waals surface area contributed by atoms with Crippen LogP contribution in [0.5, 0.6) is 57.5 Å². The van der Waals surface area contributed by atoms with Crippen molar-refractivity contribution in [1.82, 2.24) is 0 Å². The molecule has 0 amide bonds. The van der Waals surface area contributed by atoms with Crippen LogP contribution in [0.1, 0.15) is 55.6 Å². The van der Waals surface area contributed by atoms with E-state index in [4.69, 9.17) is 47.4 Å². The van der Waals surface area contributed by atoms with E-state index in [1.165, 1.54) is 0 Å². The van der Waals surface area contributed by atoms with Gasteiger partial charge in [0.25, 0.3) is 0 Å². The van der Waals surface area contributed by atoms with Gasteiger partial charge in [-0.25, -0.2) is 0 Å². The smallest absolute Gasteiger partial charge is 0.123 e. The molecule has 0 saturated heterocycles. The minimum absolute atomic E-state index is 0.456. The normalized spacial score (nSPS) is 12.1. The maximum atomic E-state index is 6.56. The van der Waals surface area contributed by atoms with Crippen molar-refractivity contribution < 1.29 is 47.4 Å². The van der Waals surface area contributed by atoms with Gasteiger partial charge in [0.05, 0.1) is 68.1 Å². The zero-order valence-corrected chi connectivity index (χ0v) is 47.7. The molecule has 362 valence electrons. The number of alkyl halides is 6. The quantitative estimate of drug-likeness (QED) is 0.0612. The van der Waals surface area contributed by atoms with Crippen molar-refractivity contribution in [2.45, 2.75) is 32.1 Å². The van der Waals surface area contributed by atoms with Gasteiger partial charge in [-0.05, 0) is 60.7 Å². The number of halogens is 6. The van der Waals surface area contributed by atoms with Crippen molar-refractivity contribution in [3.8, 4) is 57.5 Å². The summed E-state index contributed by atoms with van der Waals surface area (Å²) in [6.07, 6.45) is 2.40. The average Bonchev–Trinajstić information content (AvgIpc) is 3.34. The van der Waals surface area contributed by atoms with Crippen LogP contribution in [-0.2, 0) is 32.1 Å². The Morgan fingerprint density at radius 2 is 0.388 bits per heavy atom. The van der Waals surface area contributed by atoms with Crippen LogP contribution in [0.25, 0.3) is 0 Å². The third kappa shape index (κ3) is 14.1. The Bertz CT molecular complexity index is 2250. The van der Waals surface area contributed by atoms with Crippen LogP contribution in [0, 0.1) is 0 Å². The molecule has 10 aliphatic carbocycles. The molecule has 0 spiro atoms. The first-order valence-corrected chi connectivity index (χ1v) is 28.5. The third-order valence-electron chi connectivity index (χ3n) is 11.0. The lowest BCUT2D eigenvalue weighted by atomic mass is 9.94. The minimum Gasteiger partial charge on any atom is -0.496 e. The summed E-state index contributed by atoms with van der Waals surface area (Å²) in [7, 11) is 6.76. The van der Waals surface area contributed by atoms with E-state index in [-0.39, 0.29) is 0 Å². The number of hydrogen-bond donors (Lipinski definition) is 0. The SMILES string of the molecule is COc1cc2c(OC)cc1Cc1cc(OC)c(cc1OC)Cc1cc(OCCBr)c(cc1OCCBr)Cc1cc(OCCBr)c(cc1OCCBr)Cc1cc(OCCBr)c(cc1OCCBr)C2. The van der Waals surface area contributed by atoms with Crippen molar-refractivity contribution in [3.05, 3.63) is 116 Å². The number of hydrogen-bond acceptors (Lipinski definition) is 10. The summed E-state index contributed by atoms with van der Waals surface area (Å²) in [5.41, 5.74) is 9.32. The molecule has 0 heterocycles. The highest BCUT2D eigenvalue weighted by molar-refractivity contribution is 9.10. The molecular formula is C51H56Br6O10. The van der Waals surface area contributed by atoms with Crippen LogP contribution in [-0.4, -0.2) is 100 Å². The maximum absolute atomic E-state index is 6.56. The predicted octanol–water partition coefficient (Wildman–Crippen LogP) is 12.6. The zero-order chi connectivity index (χ0) is 47.7. The third-order valence-corrected chi connectivity index (χ3v) is 13.0. The van der Waals surface area contributed by atoms with Gasteiger partial charge in [0, 0.05) is 120 Å². The lowest BCUT2D eigenvalue weighted by Crippen LogP contribution is -2.10. The van der Waals surface area contributed by atoms with Crippen molar-refractivity contribution >= 4 is 95.6 Å². The molecule has 15 rings (SSSR count). The van der Waals surface area contributed by atoms with E-state index in [1.54, 1.807) is 28.4 Å². The summed E-state index contributed by atoms with van der Waals surface area (Å²) in [4.78, 5) is 0. The van der Waals surface area contributed by atoms with Gasteiger partial charge in [0.2, 0.25) is 0 Å². The Morgan fingerprint density at radius 1 is 0.254 bits per heavy atom. The van der Waals surface area contributed by atoms with Crippen molar-refractivity contribution in [3.63, 3.8) is 0 Å². The molecule has 0 atom stereocenters. The lowest BCUT2D eigenvalue weighted by molar-refractivity contribution is 0.325. The van der Waals surface area contributed by atoms with Crippen LogP contribution in [0.15, 0.2) is 60.7 Å². The van der Waals surface area contributed by atoms with E-state index < -0.39 is 0 Å². The molecule has 67 heavy (non-hydrogen) atoms. The summed E-state index contributed by atoms with van der Waals surface area (Å²) < 4.78 is 63.7. The monoisotopic (exact) mass is 1300 g/mol. The standard InChI is InChI=1S/C51H56Br6O10/c1-58-42-24-34-18-36-26-48(64-13-7-54)38(28-46(36)62-11-5-52)20-40-30-51(67-16-10-57)41(31-50(40)66-15-9-56)21-39-29-47(63-12-6-53)37(27-49(39)65-14-8-55)19-35-25-43(59-2)33(23-45(35)61-4)17-32(42)22-44(34)60-3/h22-31H,5-21H2,1-4H3. The second-order valence-electron chi connectivity index (χ2n) is 15.3. The highest BCUT2D eigenvalue weighted by Gasteiger charge is 2.24. The molecule has 10 bridgehead atoms. The summed E-state index contributed by atoms with van der Waals surface area (Å²) in [5, 5.41) is 3.91. The Labute approximate surface area is 445 Å². The molecule has 0 radical (unpaired) electrons. The van der Waals surface area contributed by atoms with Crippen molar-refractivity contribution in [2.24, 2.45) is 0 Å². The minimum atomic E-state index is 0.456. The van der Waals surface area contributed by atoms with Crippen molar-refractivity contribution in [2.75, 3.05) is 100 Å². The van der Waals surface area contributed by atoms with Gasteiger partial charge in [-0.15, -0.1) is 0 Å². The summed E-state index contributed by atoms with van der Waals surface area (Å²) >= 11 is 21.5. The molecule has 0 aromatic heterocycles. The molecule has 10 aliphatic rings. The highest BCUT2D eigenvalue weighted by atomic mass is 79.9. The maximum Gasteiger partial charge on any atom is 0.123 e. The topological polar surface area (TPSA) is 92.3 Å². The summed E-state index contributed by atoms with van der Waals surface area (Å²) in [5.74, 6) is 7.27. The number of methoxy groups -OCH3 is 4. The molecule has 0 fully saturated rings. The molecule has 16 heteroatoms. The molecular weight excluding hydrogens is 1250 g/mol. The van der Waals surface area contributed by atoms with E-state index in [9.17, 15) is 0 Å². The molecule has 5 aromatic carbocycles. The fourth-order valence-corrected chi connectivity index (χ4v) is 9.06. The molecule has 0 aliphatic heterocycles. The largest absolute Gasteiger partial charge is 0.496 e. The second-order valence-corrected chi connectivity index (χ2v) is 20.0. The van der Waals surface area contributed by atoms with Gasteiger partial charge in [-0.3, -0.25) is 0 Å². The molecule has 0 N–H and O–H groups in total. The van der Waals surface area contributed by atoms with E-state index in [0.29, 0.717) is 127 Å². The first kappa shape index (κ1) is 53.3. The fraction of sp³-hybridized carbons (Fsp3) is 0.412. The van der Waals surface area contributed by atoms with Gasteiger partial charge in [0.15, 0.2) is 0 Å². The van der Waals surface area contributed by atoms with Gasteiger partial charge in [-0.2, -0.15) is 0 Å². The van der Waals surface area contributed by atoms with Crippen LogP contribution in [0.4, 0.5) is 0 Å². The second kappa shape index (κ2) is 27.4. The summed E-state index contributed by atoms with van der Waals surface area (Å²) in [6, 6.07) is 20.7. The zero-order valence-electron chi connectivity index (χ0n) is 38.1. The number of ether oxygens (including phenoxy) is 10. The van der Waals surface area contributed by atoms with Gasteiger partial charge < -0.3 is 47.4 Å². The van der Waals surface area contributed by atoms with Crippen LogP contribution in [0.2, 0.25) is 0 Å². The van der Waals surface area contributed by atoms with Gasteiger partial charge in [-0.1, -0.05) is 95.6 Å². The Kier molecular flexibility index (Phi) is 21.8. The van der Waals surface area contributed by atoms with E-state index in [0.717, 1.165) is 90.1 Å². The first-order chi connectivity index (χ1) is 32.7. The highest BCUT2D eigenvalue weighted by Crippen LogP contribution is 2.43. The van der Waals surface area contributed by atoms with E-state index in [2.05, 4.69) is 132 Å². The number of rotatable bonds is 22. The van der Waals surface area contributed by atoms with Crippen molar-refractivity contribution in [1.29, 1.82) is 0 Å². The van der Waals surface area contributed by atoms with E-state index in [1.807, 2.05) is 24.3 Å².